The number of para-hydroxylation sites is 1. The molecule has 1 N–H and O–H groups in total. The van der Waals surface area contributed by atoms with Crippen LogP contribution in [0.1, 0.15) is 16.7 Å². The average Bonchev–Trinajstić information content (AvgIpc) is 3.26. The number of hydrogen-bond acceptors (Lipinski definition) is 9. The molecule has 0 aromatic heterocycles. The van der Waals surface area contributed by atoms with E-state index in [4.69, 9.17) is 19.6 Å². The Morgan fingerprint density at radius 2 is 1.78 bits per heavy atom. The number of sulfone groups is 1. The summed E-state index contributed by atoms with van der Waals surface area (Å²) in [6.07, 6.45) is 2.48. The van der Waals surface area contributed by atoms with Crippen LogP contribution in [0, 0.1) is 19.3 Å². The van der Waals surface area contributed by atoms with Crippen molar-refractivity contribution in [3.05, 3.63) is 58.7 Å². The zero-order valence-corrected chi connectivity index (χ0v) is 21.7. The molecule has 2 aliphatic rings. The highest BCUT2D eigenvalue weighted by Gasteiger charge is 2.38. The minimum atomic E-state index is -3.60. The van der Waals surface area contributed by atoms with Crippen molar-refractivity contribution in [2.24, 2.45) is 10.1 Å². The highest BCUT2D eigenvalue weighted by molar-refractivity contribution is 8.42. The third-order valence-corrected chi connectivity index (χ3v) is 7.83. The molecule has 10 nitrogen and oxygen atoms in total. The van der Waals surface area contributed by atoms with E-state index in [1.807, 2.05) is 32.0 Å². The summed E-state index contributed by atoms with van der Waals surface area (Å²) in [5.41, 5.74) is 2.64. The van der Waals surface area contributed by atoms with E-state index in [0.717, 1.165) is 39.9 Å². The highest BCUT2D eigenvalue weighted by atomic mass is 32.3. The summed E-state index contributed by atoms with van der Waals surface area (Å²) in [7, 11) is -2.10. The number of aryl methyl sites for hydroxylation is 2. The molecule has 1 amide bonds. The Balaban J connectivity index is 1.47. The number of methoxy groups -OCH3 is 1. The molecule has 0 radical (unpaired) electrons. The topological polar surface area (TPSA) is 131 Å². The molecule has 0 saturated carbocycles. The lowest BCUT2D eigenvalue weighted by Crippen LogP contribution is -2.35. The van der Waals surface area contributed by atoms with E-state index < -0.39 is 15.7 Å². The molecule has 188 valence electrons. The van der Waals surface area contributed by atoms with Crippen LogP contribution in [0.3, 0.4) is 0 Å². The van der Waals surface area contributed by atoms with Crippen molar-refractivity contribution in [3.8, 4) is 17.2 Å². The lowest BCUT2D eigenvalue weighted by Gasteiger charge is -2.20. The molecule has 0 fully saturated rings. The van der Waals surface area contributed by atoms with Gasteiger partial charge in [-0.15, -0.1) is 5.10 Å². The van der Waals surface area contributed by atoms with Crippen LogP contribution in [-0.4, -0.2) is 61.3 Å². The molecule has 4 rings (SSSR count). The fourth-order valence-corrected chi connectivity index (χ4v) is 5.19. The van der Waals surface area contributed by atoms with Gasteiger partial charge in [0.25, 0.3) is 5.91 Å². The Morgan fingerprint density at radius 1 is 1.08 bits per heavy atom. The van der Waals surface area contributed by atoms with Gasteiger partial charge in [0.15, 0.2) is 17.3 Å². The zero-order valence-electron chi connectivity index (χ0n) is 20.1. The number of fused-ring (bicyclic) bond motifs is 1. The predicted molar refractivity (Wildman–Crippen MR) is 140 cm³/mol. The third kappa shape index (κ3) is 5.29. The molecule has 2 heterocycles. The van der Waals surface area contributed by atoms with E-state index in [9.17, 15) is 13.2 Å². The van der Waals surface area contributed by atoms with Gasteiger partial charge in [-0.3, -0.25) is 10.2 Å². The van der Waals surface area contributed by atoms with Crippen LogP contribution < -0.4 is 14.2 Å². The maximum absolute atomic E-state index is 12.6. The van der Waals surface area contributed by atoms with Crippen molar-refractivity contribution in [2.45, 2.75) is 13.8 Å². The van der Waals surface area contributed by atoms with E-state index in [0.29, 0.717) is 30.3 Å². The number of thioether (sulfide) groups is 1. The molecular formula is C24H24N4O6S2. The number of hydrazone groups is 1. The summed E-state index contributed by atoms with van der Waals surface area (Å²) in [5, 5.41) is 13.4. The molecule has 0 saturated heterocycles. The summed E-state index contributed by atoms with van der Waals surface area (Å²) in [5.74, 6) is 0.841. The van der Waals surface area contributed by atoms with Crippen molar-refractivity contribution in [1.82, 2.24) is 5.01 Å². The average molecular weight is 529 g/mol. The number of ether oxygens (including phenoxy) is 3. The Hall–Kier alpha value is -3.64. The van der Waals surface area contributed by atoms with Crippen molar-refractivity contribution in [2.75, 3.05) is 26.6 Å². The number of amidine groups is 2. The zero-order chi connectivity index (χ0) is 26.0. The smallest absolute Gasteiger partial charge is 0.283 e. The molecule has 0 unspecified atom stereocenters. The van der Waals surface area contributed by atoms with E-state index >= 15 is 0 Å². The maximum atomic E-state index is 12.6. The Kier molecular flexibility index (Phi) is 7.18. The van der Waals surface area contributed by atoms with Gasteiger partial charge in [0.1, 0.15) is 19.0 Å². The standard InChI is InChI=1S/C24H24N4O6S2/c1-14-6-5-7-15(2)20(14)34-11-10-33-18-9-8-16(13-19(18)32-3)12-17-21(25)28-23(26-22(17)29)35-24(27-28)36(4,30)31/h5-9,12-13,25H,10-11H2,1-4H3/b17-12+,25-21?. The van der Waals surface area contributed by atoms with Crippen LogP contribution in [0.4, 0.5) is 0 Å². The molecule has 0 atom stereocenters. The monoisotopic (exact) mass is 528 g/mol. The van der Waals surface area contributed by atoms with Crippen LogP contribution in [-0.2, 0) is 14.6 Å². The van der Waals surface area contributed by atoms with Gasteiger partial charge in [0.2, 0.25) is 19.4 Å². The third-order valence-electron chi connectivity index (χ3n) is 5.25. The minimum absolute atomic E-state index is 0.0319. The van der Waals surface area contributed by atoms with Crippen LogP contribution in [0.15, 0.2) is 52.1 Å². The van der Waals surface area contributed by atoms with Gasteiger partial charge in [-0.25, -0.2) is 8.42 Å². The van der Waals surface area contributed by atoms with Crippen molar-refractivity contribution in [1.29, 1.82) is 5.41 Å². The molecule has 36 heavy (non-hydrogen) atoms. The molecular weight excluding hydrogens is 504 g/mol. The molecule has 12 heteroatoms. The van der Waals surface area contributed by atoms with Gasteiger partial charge in [0.05, 0.1) is 12.7 Å². The number of nitrogens with one attached hydrogen (secondary N) is 1. The van der Waals surface area contributed by atoms with Gasteiger partial charge in [-0.1, -0.05) is 24.3 Å². The fourth-order valence-electron chi connectivity index (χ4n) is 3.51. The second kappa shape index (κ2) is 10.2. The lowest BCUT2D eigenvalue weighted by molar-refractivity contribution is -0.114. The Bertz CT molecular complexity index is 1430. The van der Waals surface area contributed by atoms with Gasteiger partial charge < -0.3 is 14.2 Å². The predicted octanol–water partition coefficient (Wildman–Crippen LogP) is 3.39. The summed E-state index contributed by atoms with van der Waals surface area (Å²) in [6, 6.07) is 11.0. The number of benzene rings is 2. The lowest BCUT2D eigenvalue weighted by atomic mass is 10.1. The summed E-state index contributed by atoms with van der Waals surface area (Å²) < 4.78 is 40.5. The van der Waals surface area contributed by atoms with Crippen molar-refractivity contribution < 1.29 is 27.4 Å². The first-order valence-corrected chi connectivity index (χ1v) is 13.5. The highest BCUT2D eigenvalue weighted by Crippen LogP contribution is 2.32. The number of rotatable bonds is 7. The summed E-state index contributed by atoms with van der Waals surface area (Å²) >= 11 is 0.737. The first-order chi connectivity index (χ1) is 17.1. The largest absolute Gasteiger partial charge is 0.493 e. The SMILES string of the molecule is COc1cc(/C=C2\C(=N)N3N=C(S(C)(=O)=O)SC3=NC2=O)ccc1OCCOc1c(C)cccc1C. The minimum Gasteiger partial charge on any atom is -0.493 e. The van der Waals surface area contributed by atoms with Crippen LogP contribution in [0.25, 0.3) is 6.08 Å². The van der Waals surface area contributed by atoms with Gasteiger partial charge in [0, 0.05) is 6.26 Å². The Morgan fingerprint density at radius 3 is 2.44 bits per heavy atom. The molecule has 2 aromatic carbocycles. The van der Waals surface area contributed by atoms with E-state index in [2.05, 4.69) is 10.1 Å². The molecule has 2 aliphatic heterocycles. The number of nitrogens with zero attached hydrogens (tertiary/aromatic N) is 3. The number of aliphatic imine (C=N–C) groups is 1. The van der Waals surface area contributed by atoms with Crippen molar-refractivity contribution >= 4 is 49.0 Å². The van der Waals surface area contributed by atoms with Crippen LogP contribution in [0.2, 0.25) is 0 Å². The summed E-state index contributed by atoms with van der Waals surface area (Å²) in [6.45, 7) is 4.61. The first-order valence-electron chi connectivity index (χ1n) is 10.8. The first kappa shape index (κ1) is 25.5. The second-order valence-corrected chi connectivity index (χ2v) is 11.1. The number of carbonyl (C=O) groups excluding carboxylic acids is 1. The van der Waals surface area contributed by atoms with Gasteiger partial charge in [-0.2, -0.15) is 10.0 Å². The van der Waals surface area contributed by atoms with Gasteiger partial charge in [-0.05, 0) is 60.5 Å². The van der Waals surface area contributed by atoms with Gasteiger partial charge >= 0.3 is 0 Å². The Labute approximate surface area is 213 Å². The van der Waals surface area contributed by atoms with Crippen molar-refractivity contribution in [3.63, 3.8) is 0 Å². The maximum Gasteiger partial charge on any atom is 0.283 e. The van der Waals surface area contributed by atoms with Crippen LogP contribution in [0.5, 0.6) is 17.2 Å². The summed E-state index contributed by atoms with van der Waals surface area (Å²) in [4.78, 5) is 16.5. The molecule has 0 spiro atoms. The molecule has 0 bridgehead atoms. The fraction of sp³-hybridized carbons (Fsp3) is 0.250. The molecule has 2 aromatic rings. The quantitative estimate of drug-likeness (QED) is 0.427. The van der Waals surface area contributed by atoms with E-state index in [-0.39, 0.29) is 21.0 Å². The molecule has 0 aliphatic carbocycles. The van der Waals surface area contributed by atoms with E-state index in [1.165, 1.54) is 13.2 Å². The van der Waals surface area contributed by atoms with Crippen LogP contribution >= 0.6 is 11.8 Å². The number of carbonyl (C=O) groups is 1. The number of amides is 1. The number of hydrogen-bond donors (Lipinski definition) is 1. The normalized spacial score (nSPS) is 16.6. The second-order valence-electron chi connectivity index (χ2n) is 7.99. The van der Waals surface area contributed by atoms with E-state index in [1.54, 1.807) is 18.2 Å².